The number of aliphatic hydroxyl groups excluding tert-OH is 2. The fourth-order valence-electron chi connectivity index (χ4n) is 1.57. The van der Waals surface area contributed by atoms with Gasteiger partial charge in [0.1, 0.15) is 11.5 Å². The molecule has 0 aliphatic carbocycles. The number of hydrogen-bond acceptors (Lipinski definition) is 5. The van der Waals surface area contributed by atoms with Crippen molar-refractivity contribution in [2.75, 3.05) is 39.3 Å². The van der Waals surface area contributed by atoms with Crippen molar-refractivity contribution >= 4 is 5.69 Å². The topological polar surface area (TPSA) is 62.2 Å². The molecule has 1 rings (SSSR count). The molecule has 0 aromatic heterocycles. The first-order valence-corrected chi connectivity index (χ1v) is 5.34. The smallest absolute Gasteiger partial charge is 0.145 e. The van der Waals surface area contributed by atoms with Crippen molar-refractivity contribution in [1.82, 2.24) is 0 Å². The third-order valence-corrected chi connectivity index (χ3v) is 2.49. The molecule has 0 aliphatic heterocycles. The lowest BCUT2D eigenvalue weighted by atomic mass is 10.2. The van der Waals surface area contributed by atoms with Crippen LogP contribution in [-0.4, -0.2) is 50.7 Å². The normalized spacial score (nSPS) is 12.1. The predicted molar refractivity (Wildman–Crippen MR) is 65.9 cm³/mol. The molecule has 1 unspecified atom stereocenters. The molecule has 0 bridgehead atoms. The van der Waals surface area contributed by atoms with Gasteiger partial charge in [-0.05, 0) is 12.1 Å². The van der Waals surface area contributed by atoms with Crippen LogP contribution in [0.3, 0.4) is 0 Å². The van der Waals surface area contributed by atoms with Crippen molar-refractivity contribution < 1.29 is 19.7 Å². The van der Waals surface area contributed by atoms with Crippen molar-refractivity contribution in [3.05, 3.63) is 18.2 Å². The molecule has 5 heteroatoms. The lowest BCUT2D eigenvalue weighted by Crippen LogP contribution is -2.31. The van der Waals surface area contributed by atoms with E-state index in [0.29, 0.717) is 18.0 Å². The molecule has 17 heavy (non-hydrogen) atoms. The minimum Gasteiger partial charge on any atom is -0.497 e. The molecule has 2 N–H and O–H groups in total. The van der Waals surface area contributed by atoms with Crippen LogP contribution >= 0.6 is 0 Å². The number of nitrogens with zero attached hydrogens (tertiary/aromatic N) is 1. The third kappa shape index (κ3) is 3.51. The van der Waals surface area contributed by atoms with Gasteiger partial charge in [0.15, 0.2) is 0 Å². The van der Waals surface area contributed by atoms with Crippen LogP contribution < -0.4 is 14.4 Å². The summed E-state index contributed by atoms with van der Waals surface area (Å²) in [5.74, 6) is 1.37. The monoisotopic (exact) mass is 241 g/mol. The molecule has 0 spiro atoms. The highest BCUT2D eigenvalue weighted by atomic mass is 16.5. The molecule has 0 saturated heterocycles. The molecule has 5 nitrogen and oxygen atoms in total. The van der Waals surface area contributed by atoms with Gasteiger partial charge in [0, 0.05) is 19.7 Å². The quantitative estimate of drug-likeness (QED) is 0.759. The lowest BCUT2D eigenvalue weighted by molar-refractivity contribution is 0.101. The molecule has 96 valence electrons. The zero-order valence-electron chi connectivity index (χ0n) is 10.4. The zero-order valence-corrected chi connectivity index (χ0v) is 10.4. The number of hydrogen-bond donors (Lipinski definition) is 2. The van der Waals surface area contributed by atoms with Crippen molar-refractivity contribution in [1.29, 1.82) is 0 Å². The van der Waals surface area contributed by atoms with E-state index in [-0.39, 0.29) is 6.61 Å². The average Bonchev–Trinajstić information content (AvgIpc) is 2.37. The van der Waals surface area contributed by atoms with Crippen molar-refractivity contribution in [2.45, 2.75) is 6.10 Å². The van der Waals surface area contributed by atoms with Crippen LogP contribution in [0.2, 0.25) is 0 Å². The zero-order chi connectivity index (χ0) is 12.8. The molecule has 0 aliphatic rings. The number of anilines is 1. The second-order valence-corrected chi connectivity index (χ2v) is 3.75. The SMILES string of the molecule is COc1ccc(N(C)CC(O)CO)c(OC)c1. The van der Waals surface area contributed by atoms with Crippen LogP contribution in [-0.2, 0) is 0 Å². The Morgan fingerprint density at radius 2 is 2.00 bits per heavy atom. The first kappa shape index (κ1) is 13.6. The van der Waals surface area contributed by atoms with Crippen LogP contribution in [0.25, 0.3) is 0 Å². The molecule has 0 radical (unpaired) electrons. The summed E-state index contributed by atoms with van der Waals surface area (Å²) in [5.41, 5.74) is 0.834. The van der Waals surface area contributed by atoms with E-state index in [9.17, 15) is 5.11 Å². The van der Waals surface area contributed by atoms with Crippen LogP contribution in [0.1, 0.15) is 0 Å². The minimum absolute atomic E-state index is 0.261. The van der Waals surface area contributed by atoms with Gasteiger partial charge in [-0.2, -0.15) is 0 Å². The van der Waals surface area contributed by atoms with Gasteiger partial charge >= 0.3 is 0 Å². The predicted octanol–water partition coefficient (Wildman–Crippen LogP) is 0.493. The Morgan fingerprint density at radius 1 is 1.29 bits per heavy atom. The Bertz CT molecular complexity index is 356. The standard InChI is InChI=1S/C12H19NO4/c1-13(7-9(15)8-14)11-5-4-10(16-2)6-12(11)17-3/h4-6,9,14-15H,7-8H2,1-3H3. The second kappa shape index (κ2) is 6.32. The second-order valence-electron chi connectivity index (χ2n) is 3.75. The van der Waals surface area contributed by atoms with E-state index in [2.05, 4.69) is 0 Å². The van der Waals surface area contributed by atoms with Crippen LogP contribution in [0, 0.1) is 0 Å². The van der Waals surface area contributed by atoms with Crippen LogP contribution in [0.4, 0.5) is 5.69 Å². The van der Waals surface area contributed by atoms with Gasteiger partial charge in [-0.15, -0.1) is 0 Å². The summed E-state index contributed by atoms with van der Waals surface area (Å²) >= 11 is 0. The maximum atomic E-state index is 9.40. The molecule has 1 aromatic carbocycles. The first-order chi connectivity index (χ1) is 8.12. The van der Waals surface area contributed by atoms with E-state index >= 15 is 0 Å². The maximum Gasteiger partial charge on any atom is 0.145 e. The Kier molecular flexibility index (Phi) is 5.06. The van der Waals surface area contributed by atoms with Crippen molar-refractivity contribution in [3.63, 3.8) is 0 Å². The van der Waals surface area contributed by atoms with Gasteiger partial charge in [-0.1, -0.05) is 0 Å². The fraction of sp³-hybridized carbons (Fsp3) is 0.500. The highest BCUT2D eigenvalue weighted by molar-refractivity contribution is 5.60. The number of benzene rings is 1. The molecule has 0 fully saturated rings. The van der Waals surface area contributed by atoms with Crippen molar-refractivity contribution in [3.8, 4) is 11.5 Å². The summed E-state index contributed by atoms with van der Waals surface area (Å²) in [5, 5.41) is 18.2. The molecule has 1 atom stereocenters. The summed E-state index contributed by atoms with van der Waals surface area (Å²) in [6.45, 7) is 0.0714. The van der Waals surface area contributed by atoms with Gasteiger partial charge < -0.3 is 24.6 Å². The molecule has 0 saturated carbocycles. The number of rotatable bonds is 6. The van der Waals surface area contributed by atoms with Crippen molar-refractivity contribution in [2.24, 2.45) is 0 Å². The Morgan fingerprint density at radius 3 is 2.53 bits per heavy atom. The molecule has 1 aromatic rings. The highest BCUT2D eigenvalue weighted by Crippen LogP contribution is 2.31. The highest BCUT2D eigenvalue weighted by Gasteiger charge is 2.12. The van der Waals surface area contributed by atoms with Crippen LogP contribution in [0.15, 0.2) is 18.2 Å². The average molecular weight is 241 g/mol. The van der Waals surface area contributed by atoms with E-state index < -0.39 is 6.10 Å². The van der Waals surface area contributed by atoms with Gasteiger partial charge in [-0.3, -0.25) is 0 Å². The molecular formula is C12H19NO4. The maximum absolute atomic E-state index is 9.40. The number of aliphatic hydroxyl groups is 2. The van der Waals surface area contributed by atoms with E-state index in [4.69, 9.17) is 14.6 Å². The van der Waals surface area contributed by atoms with Gasteiger partial charge in [-0.25, -0.2) is 0 Å². The Balaban J connectivity index is 2.88. The largest absolute Gasteiger partial charge is 0.497 e. The van der Waals surface area contributed by atoms with Gasteiger partial charge in [0.25, 0.3) is 0 Å². The summed E-state index contributed by atoms with van der Waals surface area (Å²) in [7, 11) is 4.99. The summed E-state index contributed by atoms with van der Waals surface area (Å²) in [6.07, 6.45) is -0.771. The number of likely N-dealkylation sites (N-methyl/N-ethyl adjacent to an activating group) is 1. The summed E-state index contributed by atoms with van der Waals surface area (Å²) in [6, 6.07) is 5.44. The van der Waals surface area contributed by atoms with Gasteiger partial charge in [0.05, 0.1) is 32.6 Å². The van der Waals surface area contributed by atoms with E-state index in [1.165, 1.54) is 0 Å². The van der Waals surface area contributed by atoms with Crippen LogP contribution in [0.5, 0.6) is 11.5 Å². The van der Waals surface area contributed by atoms with E-state index in [1.54, 1.807) is 20.3 Å². The van der Waals surface area contributed by atoms with E-state index in [0.717, 1.165) is 5.69 Å². The Labute approximate surface area is 101 Å². The minimum atomic E-state index is -0.771. The number of ether oxygens (including phenoxy) is 2. The van der Waals surface area contributed by atoms with E-state index in [1.807, 2.05) is 24.1 Å². The molecular weight excluding hydrogens is 222 g/mol. The van der Waals surface area contributed by atoms with Gasteiger partial charge in [0.2, 0.25) is 0 Å². The lowest BCUT2D eigenvalue weighted by Gasteiger charge is -2.24. The molecule has 0 amide bonds. The number of methoxy groups -OCH3 is 2. The fourth-order valence-corrected chi connectivity index (χ4v) is 1.57. The summed E-state index contributed by atoms with van der Waals surface area (Å²) in [4.78, 5) is 1.82. The third-order valence-electron chi connectivity index (χ3n) is 2.49. The first-order valence-electron chi connectivity index (χ1n) is 5.34. The Hall–Kier alpha value is -1.46. The summed E-state index contributed by atoms with van der Waals surface area (Å²) < 4.78 is 10.4. The molecule has 0 heterocycles.